The molecular formula is C19H13BrN6O6S. The Balaban J connectivity index is 1.30. The van der Waals surface area contributed by atoms with E-state index in [1.54, 1.807) is 12.1 Å². The Kier molecular flexibility index (Phi) is 6.55. The number of hydrazone groups is 1. The number of aromatic nitrogens is 2. The molecular weight excluding hydrogens is 520 g/mol. The number of halogens is 1. The lowest BCUT2D eigenvalue weighted by Crippen LogP contribution is -2.19. The van der Waals surface area contributed by atoms with Gasteiger partial charge in [0.2, 0.25) is 17.8 Å². The Bertz CT molecular complexity index is 1260. The van der Waals surface area contributed by atoms with E-state index in [2.05, 4.69) is 42.0 Å². The number of hydrogen-bond donors (Lipinski definition) is 2. The van der Waals surface area contributed by atoms with Crippen molar-refractivity contribution in [3.8, 4) is 11.5 Å². The van der Waals surface area contributed by atoms with Gasteiger partial charge in [-0.05, 0) is 40.2 Å². The van der Waals surface area contributed by atoms with Crippen LogP contribution in [0.3, 0.4) is 0 Å². The molecule has 168 valence electrons. The molecule has 0 spiro atoms. The first-order chi connectivity index (χ1) is 15.9. The van der Waals surface area contributed by atoms with E-state index in [1.807, 2.05) is 0 Å². The third kappa shape index (κ3) is 5.48. The number of rotatable bonds is 7. The molecule has 2 N–H and O–H groups in total. The summed E-state index contributed by atoms with van der Waals surface area (Å²) >= 11 is 4.42. The molecule has 0 aliphatic carbocycles. The quantitative estimate of drug-likeness (QED) is 0.267. The third-order valence-electron chi connectivity index (χ3n) is 4.22. The Morgan fingerprint density at radius 3 is 2.67 bits per heavy atom. The van der Waals surface area contributed by atoms with E-state index in [0.717, 1.165) is 15.8 Å². The smallest absolute Gasteiger partial charge is 0.269 e. The highest BCUT2D eigenvalue weighted by molar-refractivity contribution is 9.10. The number of non-ortho nitro benzene ring substituents is 1. The van der Waals surface area contributed by atoms with Crippen molar-refractivity contribution >= 4 is 56.1 Å². The van der Waals surface area contributed by atoms with Gasteiger partial charge in [-0.1, -0.05) is 11.3 Å². The van der Waals surface area contributed by atoms with E-state index in [0.29, 0.717) is 22.1 Å². The number of ether oxygens (including phenoxy) is 2. The Labute approximate surface area is 197 Å². The summed E-state index contributed by atoms with van der Waals surface area (Å²) in [6.07, 6.45) is 1.37. The summed E-state index contributed by atoms with van der Waals surface area (Å²) in [6.45, 7) is 0.150. The van der Waals surface area contributed by atoms with E-state index in [4.69, 9.17) is 9.47 Å². The van der Waals surface area contributed by atoms with Crippen molar-refractivity contribution < 1.29 is 24.0 Å². The van der Waals surface area contributed by atoms with Crippen LogP contribution in [0.1, 0.15) is 20.9 Å². The topological polar surface area (TPSA) is 158 Å². The van der Waals surface area contributed by atoms with Crippen LogP contribution in [-0.4, -0.2) is 39.9 Å². The molecule has 3 aromatic rings. The second-order valence-corrected chi connectivity index (χ2v) is 8.37. The van der Waals surface area contributed by atoms with Crippen LogP contribution in [0, 0.1) is 10.1 Å². The number of fused-ring (bicyclic) bond motifs is 1. The molecule has 0 bridgehead atoms. The molecule has 1 aliphatic heterocycles. The number of nitro benzene ring substituents is 1. The lowest BCUT2D eigenvalue weighted by molar-refractivity contribution is -0.384. The summed E-state index contributed by atoms with van der Waals surface area (Å²) in [5.74, 6) is 0.280. The highest BCUT2D eigenvalue weighted by Crippen LogP contribution is 2.36. The minimum absolute atomic E-state index is 0.0925. The monoisotopic (exact) mass is 532 g/mol. The van der Waals surface area contributed by atoms with Crippen LogP contribution in [-0.2, 0) is 11.2 Å². The maximum absolute atomic E-state index is 12.2. The van der Waals surface area contributed by atoms with Gasteiger partial charge in [0.15, 0.2) is 11.5 Å². The summed E-state index contributed by atoms with van der Waals surface area (Å²) in [5.41, 5.74) is 3.19. The van der Waals surface area contributed by atoms with Crippen LogP contribution in [0.4, 0.5) is 10.8 Å². The van der Waals surface area contributed by atoms with Crippen molar-refractivity contribution in [1.82, 2.24) is 15.6 Å². The van der Waals surface area contributed by atoms with Gasteiger partial charge in [0.25, 0.3) is 11.6 Å². The zero-order chi connectivity index (χ0) is 23.4. The van der Waals surface area contributed by atoms with Gasteiger partial charge in [-0.2, -0.15) is 5.10 Å². The highest BCUT2D eigenvalue weighted by atomic mass is 79.9. The number of amides is 2. The van der Waals surface area contributed by atoms with Crippen molar-refractivity contribution in [3.63, 3.8) is 0 Å². The van der Waals surface area contributed by atoms with Crippen LogP contribution in [0.2, 0.25) is 0 Å². The molecule has 0 radical (unpaired) electrons. The standard InChI is InChI=1S/C19H13BrN6O6S/c20-13-6-15-14(31-9-32-15)5-11(13)8-21-23-16(27)7-17-24-25-19(33-17)22-18(28)10-1-3-12(4-2-10)26(29)30/h1-6,8H,7,9H2,(H,23,27)(H,22,25,28)/b21-8+. The maximum atomic E-state index is 12.2. The Morgan fingerprint density at radius 1 is 1.21 bits per heavy atom. The van der Waals surface area contributed by atoms with Crippen LogP contribution >= 0.6 is 27.3 Å². The van der Waals surface area contributed by atoms with Crippen LogP contribution in [0.5, 0.6) is 11.5 Å². The highest BCUT2D eigenvalue weighted by Gasteiger charge is 2.16. The molecule has 2 amide bonds. The van der Waals surface area contributed by atoms with Crippen LogP contribution < -0.4 is 20.2 Å². The fraction of sp³-hybridized carbons (Fsp3) is 0.105. The minimum atomic E-state index is -0.554. The number of carbonyl (C=O) groups excluding carboxylic acids is 2. The number of nitrogens with zero attached hydrogens (tertiary/aromatic N) is 4. The van der Waals surface area contributed by atoms with Crippen molar-refractivity contribution in [2.45, 2.75) is 6.42 Å². The van der Waals surface area contributed by atoms with Crippen molar-refractivity contribution in [2.24, 2.45) is 5.10 Å². The van der Waals surface area contributed by atoms with E-state index in [9.17, 15) is 19.7 Å². The second-order valence-electron chi connectivity index (χ2n) is 6.46. The fourth-order valence-corrected chi connectivity index (χ4v) is 3.82. The third-order valence-corrected chi connectivity index (χ3v) is 5.75. The molecule has 14 heteroatoms. The van der Waals surface area contributed by atoms with Crippen molar-refractivity contribution in [3.05, 3.63) is 67.1 Å². The molecule has 4 rings (SSSR count). The van der Waals surface area contributed by atoms with Gasteiger partial charge in [-0.25, -0.2) is 5.43 Å². The van der Waals surface area contributed by atoms with Crippen molar-refractivity contribution in [2.75, 3.05) is 12.1 Å². The Hall–Kier alpha value is -3.91. The first-order valence-corrected chi connectivity index (χ1v) is 10.8. The predicted octanol–water partition coefficient (Wildman–Crippen LogP) is 2.88. The number of benzene rings is 2. The van der Waals surface area contributed by atoms with E-state index >= 15 is 0 Å². The molecule has 0 fully saturated rings. The summed E-state index contributed by atoms with van der Waals surface area (Å²) < 4.78 is 11.3. The molecule has 12 nitrogen and oxygen atoms in total. The summed E-state index contributed by atoms with van der Waals surface area (Å²) in [4.78, 5) is 34.5. The van der Waals surface area contributed by atoms with Crippen molar-refractivity contribution in [1.29, 1.82) is 0 Å². The molecule has 0 atom stereocenters. The van der Waals surface area contributed by atoms with Crippen LogP contribution in [0.15, 0.2) is 46.0 Å². The Morgan fingerprint density at radius 2 is 1.94 bits per heavy atom. The fourth-order valence-electron chi connectivity index (χ4n) is 2.66. The van der Waals surface area contributed by atoms with Gasteiger partial charge in [0.05, 0.1) is 17.6 Å². The summed E-state index contributed by atoms with van der Waals surface area (Å²) in [5, 5.41) is 25.4. The lowest BCUT2D eigenvalue weighted by atomic mass is 10.2. The second kappa shape index (κ2) is 9.70. The normalized spacial score (nSPS) is 12.0. The molecule has 33 heavy (non-hydrogen) atoms. The minimum Gasteiger partial charge on any atom is -0.454 e. The molecule has 2 heterocycles. The largest absolute Gasteiger partial charge is 0.454 e. The summed E-state index contributed by atoms with van der Waals surface area (Å²) in [6, 6.07) is 8.60. The SMILES string of the molecule is O=C(Cc1nnc(NC(=O)c2ccc([N+](=O)[O-])cc2)s1)N/N=C/c1cc2c(cc1Br)OCO2. The zero-order valence-corrected chi connectivity index (χ0v) is 18.9. The predicted molar refractivity (Wildman–Crippen MR) is 121 cm³/mol. The first-order valence-electron chi connectivity index (χ1n) is 9.18. The van der Waals surface area contributed by atoms with Crippen LogP contribution in [0.25, 0.3) is 0 Å². The lowest BCUT2D eigenvalue weighted by Gasteiger charge is -2.02. The number of nitrogens with one attached hydrogen (secondary N) is 2. The number of anilines is 1. The number of carbonyl (C=O) groups is 2. The van der Waals surface area contributed by atoms with Gasteiger partial charge in [-0.3, -0.25) is 25.0 Å². The van der Waals surface area contributed by atoms with E-state index < -0.39 is 16.7 Å². The number of nitro groups is 1. The van der Waals surface area contributed by atoms with Gasteiger partial charge in [0, 0.05) is 27.7 Å². The first kappa shape index (κ1) is 22.3. The molecule has 0 saturated carbocycles. The average molecular weight is 533 g/mol. The molecule has 1 aromatic heterocycles. The van der Waals surface area contributed by atoms with Gasteiger partial charge in [0.1, 0.15) is 5.01 Å². The summed E-state index contributed by atoms with van der Waals surface area (Å²) in [7, 11) is 0. The zero-order valence-electron chi connectivity index (χ0n) is 16.5. The molecule has 0 unspecified atom stereocenters. The average Bonchev–Trinajstić information content (AvgIpc) is 3.42. The van der Waals surface area contributed by atoms with E-state index in [1.165, 1.54) is 30.5 Å². The molecule has 1 aliphatic rings. The van der Waals surface area contributed by atoms with Gasteiger partial charge >= 0.3 is 0 Å². The van der Waals surface area contributed by atoms with E-state index in [-0.39, 0.29) is 29.6 Å². The molecule has 2 aromatic carbocycles. The maximum Gasteiger partial charge on any atom is 0.269 e. The number of hydrogen-bond acceptors (Lipinski definition) is 10. The van der Waals surface area contributed by atoms with Gasteiger partial charge in [-0.15, -0.1) is 10.2 Å². The van der Waals surface area contributed by atoms with Gasteiger partial charge < -0.3 is 9.47 Å². The molecule has 0 saturated heterocycles.